The zero-order valence-corrected chi connectivity index (χ0v) is 21.9. The van der Waals surface area contributed by atoms with Crippen molar-refractivity contribution in [2.45, 2.75) is 26.3 Å². The van der Waals surface area contributed by atoms with E-state index < -0.39 is 10.0 Å². The third-order valence-electron chi connectivity index (χ3n) is 5.41. The summed E-state index contributed by atoms with van der Waals surface area (Å²) in [6.07, 6.45) is 2.99. The third-order valence-corrected chi connectivity index (χ3v) is 6.72. The number of nitrogens with one attached hydrogen (secondary N) is 1. The number of nitrogens with zero attached hydrogens (tertiary/aromatic N) is 3. The lowest BCUT2D eigenvalue weighted by molar-refractivity contribution is 0.273. The molecule has 1 aliphatic heterocycles. The summed E-state index contributed by atoms with van der Waals surface area (Å²) in [5.74, 6) is 2.67. The molecule has 0 aliphatic carbocycles. The average molecular weight is 554 g/mol. The van der Waals surface area contributed by atoms with Crippen LogP contribution in [0.3, 0.4) is 0 Å². The van der Waals surface area contributed by atoms with E-state index >= 15 is 0 Å². The second-order valence-corrected chi connectivity index (χ2v) is 9.51. The lowest BCUT2D eigenvalue weighted by atomic mass is 9.98. The molecule has 2 rings (SSSR count). The van der Waals surface area contributed by atoms with Gasteiger partial charge in [0.1, 0.15) is 0 Å². The Balaban J connectivity index is 0.00000450. The first-order valence-electron chi connectivity index (χ1n) is 9.78. The molecule has 10 heteroatoms. The van der Waals surface area contributed by atoms with Crippen molar-refractivity contribution in [1.82, 2.24) is 14.5 Å². The lowest BCUT2D eigenvalue weighted by Crippen LogP contribution is -2.44. The number of sulfonamides is 1. The summed E-state index contributed by atoms with van der Waals surface area (Å²) in [4.78, 5) is 6.47. The molecule has 30 heavy (non-hydrogen) atoms. The van der Waals surface area contributed by atoms with E-state index in [0.717, 1.165) is 42.2 Å². The van der Waals surface area contributed by atoms with Crippen LogP contribution in [0.15, 0.2) is 17.1 Å². The summed E-state index contributed by atoms with van der Waals surface area (Å²) >= 11 is 0. The number of benzene rings is 1. The molecule has 1 saturated heterocycles. The molecule has 1 heterocycles. The van der Waals surface area contributed by atoms with E-state index in [1.807, 2.05) is 19.2 Å². The monoisotopic (exact) mass is 554 g/mol. The van der Waals surface area contributed by atoms with E-state index in [4.69, 9.17) is 9.47 Å². The van der Waals surface area contributed by atoms with Crippen molar-refractivity contribution in [3.8, 4) is 11.5 Å². The topological polar surface area (TPSA) is 83.5 Å². The van der Waals surface area contributed by atoms with Crippen LogP contribution in [0.1, 0.15) is 24.0 Å². The van der Waals surface area contributed by atoms with Crippen LogP contribution in [0, 0.1) is 12.8 Å². The SMILES string of the molecule is CN=C(NCC1CCN(S(C)(=O)=O)CC1)N(C)Cc1cc(OC)c(OC)cc1C.I. The molecule has 172 valence electrons. The van der Waals surface area contributed by atoms with E-state index in [1.54, 1.807) is 25.6 Å². The maximum absolute atomic E-state index is 11.6. The molecule has 1 aromatic rings. The molecule has 1 aliphatic rings. The van der Waals surface area contributed by atoms with Crippen molar-refractivity contribution < 1.29 is 17.9 Å². The Kier molecular flexibility index (Phi) is 10.7. The van der Waals surface area contributed by atoms with Gasteiger partial charge in [0, 0.05) is 40.3 Å². The Labute approximate surface area is 198 Å². The van der Waals surface area contributed by atoms with Gasteiger partial charge in [0.2, 0.25) is 10.0 Å². The van der Waals surface area contributed by atoms with Gasteiger partial charge in [-0.05, 0) is 48.9 Å². The molecule has 1 N–H and O–H groups in total. The van der Waals surface area contributed by atoms with Gasteiger partial charge in [-0.25, -0.2) is 12.7 Å². The minimum Gasteiger partial charge on any atom is -0.493 e. The molecule has 0 saturated carbocycles. The van der Waals surface area contributed by atoms with E-state index in [0.29, 0.717) is 31.3 Å². The molecular weight excluding hydrogens is 519 g/mol. The lowest BCUT2D eigenvalue weighted by Gasteiger charge is -2.31. The number of hydrogen-bond acceptors (Lipinski definition) is 5. The van der Waals surface area contributed by atoms with Gasteiger partial charge in [0.05, 0.1) is 20.5 Å². The van der Waals surface area contributed by atoms with E-state index in [9.17, 15) is 8.42 Å². The highest BCUT2D eigenvalue weighted by atomic mass is 127. The Hall–Kier alpha value is -1.27. The molecular formula is C20H35IN4O4S. The van der Waals surface area contributed by atoms with E-state index in [2.05, 4.69) is 22.1 Å². The molecule has 0 unspecified atom stereocenters. The summed E-state index contributed by atoms with van der Waals surface area (Å²) < 4.78 is 35.6. The number of piperidine rings is 1. The molecule has 0 bridgehead atoms. The van der Waals surface area contributed by atoms with Gasteiger partial charge in [-0.2, -0.15) is 0 Å². The predicted molar refractivity (Wildman–Crippen MR) is 132 cm³/mol. The number of methoxy groups -OCH3 is 2. The largest absolute Gasteiger partial charge is 0.493 e. The smallest absolute Gasteiger partial charge is 0.211 e. The van der Waals surface area contributed by atoms with Gasteiger partial charge in [0.25, 0.3) is 0 Å². The molecule has 0 spiro atoms. The Morgan fingerprint density at radius 3 is 2.30 bits per heavy atom. The minimum absolute atomic E-state index is 0. The summed E-state index contributed by atoms with van der Waals surface area (Å²) in [6, 6.07) is 3.98. The number of halogens is 1. The normalized spacial score (nSPS) is 16.0. The highest BCUT2D eigenvalue weighted by Crippen LogP contribution is 2.30. The fraction of sp³-hybridized carbons (Fsp3) is 0.650. The number of aliphatic imine (C=N–C) groups is 1. The first kappa shape index (κ1) is 26.8. The van der Waals surface area contributed by atoms with Gasteiger partial charge in [-0.15, -0.1) is 24.0 Å². The van der Waals surface area contributed by atoms with Crippen LogP contribution in [-0.2, 0) is 16.6 Å². The number of guanidine groups is 1. The first-order valence-corrected chi connectivity index (χ1v) is 11.6. The second-order valence-electron chi connectivity index (χ2n) is 7.52. The zero-order chi connectivity index (χ0) is 21.6. The predicted octanol–water partition coefficient (Wildman–Crippen LogP) is 2.31. The minimum atomic E-state index is -3.09. The van der Waals surface area contributed by atoms with Crippen LogP contribution in [0.2, 0.25) is 0 Å². The van der Waals surface area contributed by atoms with Gasteiger partial charge < -0.3 is 19.7 Å². The summed E-state index contributed by atoms with van der Waals surface area (Å²) in [7, 11) is 3.95. The van der Waals surface area contributed by atoms with Crippen LogP contribution >= 0.6 is 24.0 Å². The van der Waals surface area contributed by atoms with Crippen molar-refractivity contribution in [3.05, 3.63) is 23.3 Å². The van der Waals surface area contributed by atoms with Gasteiger partial charge in [-0.3, -0.25) is 4.99 Å². The molecule has 0 radical (unpaired) electrons. The summed E-state index contributed by atoms with van der Waals surface area (Å²) in [5.41, 5.74) is 2.26. The number of hydrogen-bond donors (Lipinski definition) is 1. The molecule has 8 nitrogen and oxygen atoms in total. The second kappa shape index (κ2) is 11.9. The zero-order valence-electron chi connectivity index (χ0n) is 18.8. The standard InChI is InChI=1S/C20H34N4O4S.HI/c1-15-11-18(27-4)19(28-5)12-17(15)14-23(3)20(21-2)22-13-16-7-9-24(10-8-16)29(6,25)26;/h11-12,16H,7-10,13-14H2,1-6H3,(H,21,22);1H. The molecule has 1 aromatic carbocycles. The van der Waals surface area contributed by atoms with Crippen LogP contribution in [0.5, 0.6) is 11.5 Å². The fourth-order valence-corrected chi connectivity index (χ4v) is 4.46. The van der Waals surface area contributed by atoms with Crippen LogP contribution in [-0.4, -0.2) is 77.8 Å². The molecule has 0 atom stereocenters. The first-order chi connectivity index (χ1) is 13.7. The van der Waals surface area contributed by atoms with E-state index in [1.165, 1.54) is 6.26 Å². The molecule has 0 amide bonds. The van der Waals surface area contributed by atoms with Crippen molar-refractivity contribution in [1.29, 1.82) is 0 Å². The van der Waals surface area contributed by atoms with Gasteiger partial charge in [-0.1, -0.05) is 0 Å². The summed E-state index contributed by atoms with van der Waals surface area (Å²) in [5, 5.41) is 3.44. The van der Waals surface area contributed by atoms with Gasteiger partial charge in [0.15, 0.2) is 17.5 Å². The summed E-state index contributed by atoms with van der Waals surface area (Å²) in [6.45, 7) is 4.68. The number of rotatable bonds is 7. The van der Waals surface area contributed by atoms with Crippen LogP contribution in [0.25, 0.3) is 0 Å². The highest BCUT2D eigenvalue weighted by molar-refractivity contribution is 14.0. The van der Waals surface area contributed by atoms with Crippen molar-refractivity contribution in [3.63, 3.8) is 0 Å². The molecule has 0 aromatic heterocycles. The number of aryl methyl sites for hydroxylation is 1. The highest BCUT2D eigenvalue weighted by Gasteiger charge is 2.25. The Morgan fingerprint density at radius 2 is 1.80 bits per heavy atom. The Morgan fingerprint density at radius 1 is 1.23 bits per heavy atom. The maximum atomic E-state index is 11.6. The van der Waals surface area contributed by atoms with Crippen molar-refractivity contribution in [2.75, 3.05) is 54.2 Å². The van der Waals surface area contributed by atoms with Crippen molar-refractivity contribution in [2.24, 2.45) is 10.9 Å². The molecule has 1 fully saturated rings. The van der Waals surface area contributed by atoms with Crippen LogP contribution in [0.4, 0.5) is 0 Å². The van der Waals surface area contributed by atoms with Crippen molar-refractivity contribution >= 4 is 40.0 Å². The average Bonchev–Trinajstić information content (AvgIpc) is 2.69. The third kappa shape index (κ3) is 7.16. The Bertz CT molecular complexity index is 824. The van der Waals surface area contributed by atoms with Crippen LogP contribution < -0.4 is 14.8 Å². The fourth-order valence-electron chi connectivity index (χ4n) is 3.59. The number of ether oxygens (including phenoxy) is 2. The van der Waals surface area contributed by atoms with Gasteiger partial charge >= 0.3 is 0 Å². The van der Waals surface area contributed by atoms with E-state index in [-0.39, 0.29) is 24.0 Å². The quantitative estimate of drug-likeness (QED) is 0.317. The maximum Gasteiger partial charge on any atom is 0.211 e.